The van der Waals surface area contributed by atoms with Crippen LogP contribution in [-0.4, -0.2) is 32.2 Å². The quantitative estimate of drug-likeness (QED) is 0.686. The number of rotatable bonds is 4. The van der Waals surface area contributed by atoms with Crippen LogP contribution >= 0.6 is 0 Å². The predicted octanol–water partition coefficient (Wildman–Crippen LogP) is -0.633. The average Bonchev–Trinajstić information content (AvgIpc) is 2.67. The maximum Gasteiger partial charge on any atom is 0.254 e. The van der Waals surface area contributed by atoms with Gasteiger partial charge in [-0.3, -0.25) is 14.3 Å². The van der Waals surface area contributed by atoms with Crippen LogP contribution < -0.4 is 16.6 Å². The zero-order valence-electron chi connectivity index (χ0n) is 11.3. The maximum absolute atomic E-state index is 11.9. The highest BCUT2D eigenvalue weighted by molar-refractivity contribution is 5.94. The number of H-pyrrole nitrogens is 1. The van der Waals surface area contributed by atoms with E-state index in [1.54, 1.807) is 24.9 Å². The third kappa shape index (κ3) is 3.22. The molecule has 2 aromatic rings. The van der Waals surface area contributed by atoms with Crippen molar-refractivity contribution in [2.45, 2.75) is 13.3 Å². The van der Waals surface area contributed by atoms with Crippen LogP contribution in [0, 0.1) is 6.92 Å². The molecule has 4 N–H and O–H groups in total. The predicted molar refractivity (Wildman–Crippen MR) is 73.3 cm³/mol. The van der Waals surface area contributed by atoms with Gasteiger partial charge in [0.1, 0.15) is 11.6 Å². The van der Waals surface area contributed by atoms with Gasteiger partial charge in [0, 0.05) is 32.3 Å². The third-order valence-electron chi connectivity index (χ3n) is 2.72. The van der Waals surface area contributed by atoms with E-state index in [-0.39, 0.29) is 17.3 Å². The van der Waals surface area contributed by atoms with E-state index < -0.39 is 0 Å². The molecule has 0 aliphatic rings. The highest BCUT2D eigenvalue weighted by atomic mass is 16.1. The third-order valence-corrected chi connectivity index (χ3v) is 2.72. The Hall–Kier alpha value is -2.64. The molecule has 8 nitrogen and oxygen atoms in total. The highest BCUT2D eigenvalue weighted by Crippen LogP contribution is 2.04. The van der Waals surface area contributed by atoms with Crippen LogP contribution in [0.4, 0.5) is 5.82 Å². The number of aryl methyl sites for hydroxylation is 2. The molecule has 0 aliphatic heterocycles. The van der Waals surface area contributed by atoms with Gasteiger partial charge < -0.3 is 16.0 Å². The number of nitrogens with zero attached hydrogens (tertiary/aromatic N) is 3. The summed E-state index contributed by atoms with van der Waals surface area (Å²) in [4.78, 5) is 29.7. The van der Waals surface area contributed by atoms with Crippen LogP contribution in [0.5, 0.6) is 0 Å². The molecule has 2 rings (SSSR count). The minimum absolute atomic E-state index is 0.165. The number of hydrogen-bond acceptors (Lipinski definition) is 5. The summed E-state index contributed by atoms with van der Waals surface area (Å²) in [5, 5.41) is 6.85. The number of aromatic amines is 1. The smallest absolute Gasteiger partial charge is 0.254 e. The minimum Gasteiger partial charge on any atom is -0.383 e. The minimum atomic E-state index is -0.304. The number of carbonyl (C=O) groups excluding carboxylic acids is 1. The molecule has 0 unspecified atom stereocenters. The number of anilines is 1. The van der Waals surface area contributed by atoms with E-state index in [0.29, 0.717) is 30.0 Å². The van der Waals surface area contributed by atoms with Gasteiger partial charge in [-0.15, -0.1) is 0 Å². The largest absolute Gasteiger partial charge is 0.383 e. The molecule has 0 saturated carbocycles. The van der Waals surface area contributed by atoms with E-state index >= 15 is 0 Å². The fourth-order valence-electron chi connectivity index (χ4n) is 1.86. The first kappa shape index (κ1) is 13.8. The standard InChI is InChI=1S/C12H16N6O2/c1-7-8(6-18(2)17-7)12(20)14-4-3-10-15-9(13)5-11(19)16-10/h5-6H,3-4H2,1-2H3,(H,14,20)(H3,13,15,16,19). The van der Waals surface area contributed by atoms with Crippen molar-refractivity contribution >= 4 is 11.7 Å². The van der Waals surface area contributed by atoms with Crippen molar-refractivity contribution in [1.29, 1.82) is 0 Å². The number of nitrogens with one attached hydrogen (secondary N) is 2. The first-order valence-corrected chi connectivity index (χ1v) is 6.10. The molecule has 106 valence electrons. The number of nitrogens with two attached hydrogens (primary N) is 1. The first-order valence-electron chi connectivity index (χ1n) is 6.10. The topological polar surface area (TPSA) is 119 Å². The van der Waals surface area contributed by atoms with E-state index in [0.717, 1.165) is 0 Å². The number of aromatic nitrogens is 4. The zero-order valence-corrected chi connectivity index (χ0v) is 11.3. The lowest BCUT2D eigenvalue weighted by atomic mass is 10.2. The molecule has 0 fully saturated rings. The Balaban J connectivity index is 1.94. The van der Waals surface area contributed by atoms with Crippen LogP contribution in [-0.2, 0) is 13.5 Å². The van der Waals surface area contributed by atoms with Crippen molar-refractivity contribution in [2.24, 2.45) is 7.05 Å². The zero-order chi connectivity index (χ0) is 14.7. The second-order valence-corrected chi connectivity index (χ2v) is 4.42. The molecular weight excluding hydrogens is 260 g/mol. The van der Waals surface area contributed by atoms with Crippen molar-refractivity contribution in [3.05, 3.63) is 39.7 Å². The van der Waals surface area contributed by atoms with Gasteiger partial charge >= 0.3 is 0 Å². The van der Waals surface area contributed by atoms with Gasteiger partial charge in [-0.25, -0.2) is 4.98 Å². The fraction of sp³-hybridized carbons (Fsp3) is 0.333. The highest BCUT2D eigenvalue weighted by Gasteiger charge is 2.11. The van der Waals surface area contributed by atoms with E-state index in [9.17, 15) is 9.59 Å². The summed E-state index contributed by atoms with van der Waals surface area (Å²) < 4.78 is 1.58. The number of hydrogen-bond donors (Lipinski definition) is 3. The Morgan fingerprint density at radius 2 is 2.30 bits per heavy atom. The average molecular weight is 276 g/mol. The lowest BCUT2D eigenvalue weighted by Gasteiger charge is -2.04. The summed E-state index contributed by atoms with van der Waals surface area (Å²) in [6.07, 6.45) is 2.05. The first-order chi connectivity index (χ1) is 9.45. The van der Waals surface area contributed by atoms with Crippen LogP contribution in [0.3, 0.4) is 0 Å². The number of amides is 1. The Morgan fingerprint density at radius 1 is 1.55 bits per heavy atom. The van der Waals surface area contributed by atoms with E-state index in [1.807, 2.05) is 0 Å². The number of nitrogen functional groups attached to an aromatic ring is 1. The summed E-state index contributed by atoms with van der Waals surface area (Å²) in [6.45, 7) is 2.12. The SMILES string of the molecule is Cc1nn(C)cc1C(=O)NCCc1nc(N)cc(=O)[nH]1. The summed E-state index contributed by atoms with van der Waals surface area (Å²) in [6, 6.07) is 1.21. The molecule has 0 atom stereocenters. The maximum atomic E-state index is 11.9. The molecule has 0 aliphatic carbocycles. The van der Waals surface area contributed by atoms with Gasteiger partial charge in [0.15, 0.2) is 0 Å². The van der Waals surface area contributed by atoms with Crippen LogP contribution in [0.25, 0.3) is 0 Å². The Bertz CT molecular complexity index is 687. The van der Waals surface area contributed by atoms with Crippen molar-refractivity contribution in [2.75, 3.05) is 12.3 Å². The van der Waals surface area contributed by atoms with Crippen molar-refractivity contribution in [3.8, 4) is 0 Å². The molecule has 0 radical (unpaired) electrons. The Labute approximate surface area is 115 Å². The second-order valence-electron chi connectivity index (χ2n) is 4.42. The van der Waals surface area contributed by atoms with Gasteiger partial charge in [0.05, 0.1) is 11.3 Å². The lowest BCUT2D eigenvalue weighted by molar-refractivity contribution is 0.0953. The molecule has 0 aromatic carbocycles. The normalized spacial score (nSPS) is 10.5. The molecule has 2 heterocycles. The summed E-state index contributed by atoms with van der Waals surface area (Å²) in [7, 11) is 1.76. The van der Waals surface area contributed by atoms with Gasteiger partial charge in [0.25, 0.3) is 11.5 Å². The van der Waals surface area contributed by atoms with Crippen LogP contribution in [0.1, 0.15) is 21.9 Å². The molecular formula is C12H16N6O2. The lowest BCUT2D eigenvalue weighted by Crippen LogP contribution is -2.27. The van der Waals surface area contributed by atoms with Crippen LogP contribution in [0.15, 0.2) is 17.1 Å². The van der Waals surface area contributed by atoms with Crippen molar-refractivity contribution in [3.63, 3.8) is 0 Å². The monoisotopic (exact) mass is 276 g/mol. The van der Waals surface area contributed by atoms with E-state index in [4.69, 9.17) is 5.73 Å². The van der Waals surface area contributed by atoms with Gasteiger partial charge in [-0.1, -0.05) is 0 Å². The molecule has 20 heavy (non-hydrogen) atoms. The van der Waals surface area contributed by atoms with E-state index in [2.05, 4.69) is 20.4 Å². The molecule has 2 aromatic heterocycles. The van der Waals surface area contributed by atoms with Crippen molar-refractivity contribution < 1.29 is 4.79 Å². The summed E-state index contributed by atoms with van der Waals surface area (Å²) in [5.74, 6) is 0.401. The molecule has 0 bridgehead atoms. The fourth-order valence-corrected chi connectivity index (χ4v) is 1.86. The Kier molecular flexibility index (Phi) is 3.83. The molecule has 0 spiro atoms. The molecule has 0 saturated heterocycles. The van der Waals surface area contributed by atoms with E-state index in [1.165, 1.54) is 6.07 Å². The molecule has 8 heteroatoms. The van der Waals surface area contributed by atoms with Gasteiger partial charge in [-0.2, -0.15) is 5.10 Å². The van der Waals surface area contributed by atoms with Gasteiger partial charge in [0.2, 0.25) is 0 Å². The van der Waals surface area contributed by atoms with Crippen LogP contribution in [0.2, 0.25) is 0 Å². The second kappa shape index (κ2) is 5.55. The molecule has 1 amide bonds. The van der Waals surface area contributed by atoms with Crippen molar-refractivity contribution in [1.82, 2.24) is 25.1 Å². The number of carbonyl (C=O) groups is 1. The summed E-state index contributed by atoms with van der Waals surface area (Å²) in [5.41, 5.74) is 6.37. The Morgan fingerprint density at radius 3 is 2.90 bits per heavy atom. The van der Waals surface area contributed by atoms with Gasteiger partial charge in [-0.05, 0) is 6.92 Å². The summed E-state index contributed by atoms with van der Waals surface area (Å²) >= 11 is 0.